The molecule has 178 valence electrons. The molecule has 1 N–H and O–H groups in total. The lowest BCUT2D eigenvalue weighted by Gasteiger charge is -2.28. The van der Waals surface area contributed by atoms with E-state index >= 15 is 0 Å². The molecule has 0 aliphatic carbocycles. The van der Waals surface area contributed by atoms with Crippen LogP contribution in [0.3, 0.4) is 0 Å². The summed E-state index contributed by atoms with van der Waals surface area (Å²) in [7, 11) is 1.52. The van der Waals surface area contributed by atoms with Crippen LogP contribution in [0.1, 0.15) is 27.8 Å². The average molecular weight is 584 g/mol. The van der Waals surface area contributed by atoms with Gasteiger partial charge >= 0.3 is 6.03 Å². The third-order valence-electron chi connectivity index (χ3n) is 5.90. The monoisotopic (exact) mass is 584 g/mol. The van der Waals surface area contributed by atoms with Gasteiger partial charge in [0.05, 0.1) is 12.8 Å². The Labute approximate surface area is 215 Å². The lowest BCUT2D eigenvalue weighted by molar-refractivity contribution is -0.122. The van der Waals surface area contributed by atoms with Gasteiger partial charge in [-0.25, -0.2) is 14.1 Å². The Morgan fingerprint density at radius 2 is 1.80 bits per heavy atom. The zero-order valence-electron chi connectivity index (χ0n) is 19.3. The van der Waals surface area contributed by atoms with Crippen molar-refractivity contribution in [3.05, 3.63) is 97.4 Å². The van der Waals surface area contributed by atoms with E-state index in [0.29, 0.717) is 23.4 Å². The van der Waals surface area contributed by atoms with Crippen molar-refractivity contribution in [2.24, 2.45) is 0 Å². The van der Waals surface area contributed by atoms with Crippen LogP contribution in [-0.4, -0.2) is 25.0 Å². The van der Waals surface area contributed by atoms with Crippen LogP contribution in [0.4, 0.5) is 14.9 Å². The van der Waals surface area contributed by atoms with Gasteiger partial charge in [0.2, 0.25) is 0 Å². The number of benzene rings is 3. The molecule has 0 unspecified atom stereocenters. The number of hydrogen-bond donors (Lipinski definition) is 1. The number of aryl methyl sites for hydroxylation is 1. The third-order valence-corrected chi connectivity index (χ3v) is 6.86. The fraction of sp³-hybridized carbons (Fsp3) is 0.148. The maximum Gasteiger partial charge on any atom is 0.335 e. The van der Waals surface area contributed by atoms with E-state index in [9.17, 15) is 18.8 Å². The SMILES string of the molecule is COc1cc(/C=C2\C(=O)NC(=O)N(c3cccc(C)c3C)C2=O)cc(I)c1Cc1cccc(F)c1. The first kappa shape index (κ1) is 24.6. The van der Waals surface area contributed by atoms with Crippen LogP contribution in [-0.2, 0) is 16.0 Å². The zero-order valence-corrected chi connectivity index (χ0v) is 21.5. The number of imide groups is 2. The molecular weight excluding hydrogens is 562 g/mol. The van der Waals surface area contributed by atoms with Crippen molar-refractivity contribution < 1.29 is 23.5 Å². The Kier molecular flexibility index (Phi) is 7.02. The molecular formula is C27H22FIN2O4. The predicted octanol–water partition coefficient (Wildman–Crippen LogP) is 5.31. The topological polar surface area (TPSA) is 75.7 Å². The number of halogens is 2. The molecule has 1 fully saturated rings. The van der Waals surface area contributed by atoms with E-state index in [1.54, 1.807) is 24.3 Å². The van der Waals surface area contributed by atoms with Gasteiger partial charge < -0.3 is 4.74 Å². The van der Waals surface area contributed by atoms with Crippen LogP contribution in [0.25, 0.3) is 6.08 Å². The highest BCUT2D eigenvalue weighted by atomic mass is 127. The number of ether oxygens (including phenoxy) is 1. The van der Waals surface area contributed by atoms with Gasteiger partial charge in [0, 0.05) is 15.6 Å². The average Bonchev–Trinajstić information content (AvgIpc) is 2.81. The number of nitrogens with zero attached hydrogens (tertiary/aromatic N) is 1. The summed E-state index contributed by atoms with van der Waals surface area (Å²) >= 11 is 2.15. The van der Waals surface area contributed by atoms with Crippen molar-refractivity contribution in [3.8, 4) is 5.75 Å². The lowest BCUT2D eigenvalue weighted by atomic mass is 10.00. The summed E-state index contributed by atoms with van der Waals surface area (Å²) in [6, 6.07) is 14.4. The fourth-order valence-corrected chi connectivity index (χ4v) is 4.76. The van der Waals surface area contributed by atoms with Crippen LogP contribution < -0.4 is 15.0 Å². The van der Waals surface area contributed by atoms with Crippen LogP contribution in [0, 0.1) is 23.2 Å². The molecule has 0 aromatic heterocycles. The molecule has 4 amide bonds. The number of carbonyl (C=O) groups is 3. The minimum atomic E-state index is -0.788. The van der Waals surface area contributed by atoms with Crippen molar-refractivity contribution in [1.82, 2.24) is 5.32 Å². The van der Waals surface area contributed by atoms with E-state index < -0.39 is 17.8 Å². The van der Waals surface area contributed by atoms with Crippen molar-refractivity contribution >= 4 is 52.2 Å². The van der Waals surface area contributed by atoms with Crippen LogP contribution >= 0.6 is 22.6 Å². The molecule has 8 heteroatoms. The Hall–Kier alpha value is -3.53. The molecule has 1 aliphatic rings. The summed E-state index contributed by atoms with van der Waals surface area (Å²) in [5, 5.41) is 2.26. The van der Waals surface area contributed by atoms with E-state index in [0.717, 1.165) is 30.7 Å². The normalized spacial score (nSPS) is 14.9. The number of amides is 4. The van der Waals surface area contributed by atoms with Crippen LogP contribution in [0.2, 0.25) is 0 Å². The zero-order chi connectivity index (χ0) is 25.3. The summed E-state index contributed by atoms with van der Waals surface area (Å²) in [5.74, 6) is -1.24. The van der Waals surface area contributed by atoms with Crippen LogP contribution in [0.15, 0.2) is 60.2 Å². The molecule has 35 heavy (non-hydrogen) atoms. The van der Waals surface area contributed by atoms with E-state index in [4.69, 9.17) is 4.74 Å². The molecule has 3 aromatic carbocycles. The molecule has 3 aromatic rings. The smallest absolute Gasteiger partial charge is 0.335 e. The molecule has 0 radical (unpaired) electrons. The largest absolute Gasteiger partial charge is 0.496 e. The molecule has 0 saturated carbocycles. The number of methoxy groups -OCH3 is 1. The Bertz CT molecular complexity index is 1400. The minimum absolute atomic E-state index is 0.166. The molecule has 4 rings (SSSR count). The molecule has 0 atom stereocenters. The Balaban J connectivity index is 1.72. The first-order valence-corrected chi connectivity index (χ1v) is 11.9. The van der Waals surface area contributed by atoms with Crippen molar-refractivity contribution in [3.63, 3.8) is 0 Å². The number of urea groups is 1. The summed E-state index contributed by atoms with van der Waals surface area (Å²) in [6.07, 6.45) is 1.89. The van der Waals surface area contributed by atoms with Crippen LogP contribution in [0.5, 0.6) is 5.75 Å². The number of hydrogen-bond acceptors (Lipinski definition) is 4. The molecule has 1 heterocycles. The summed E-state index contributed by atoms with van der Waals surface area (Å²) in [6.45, 7) is 3.70. The maximum absolute atomic E-state index is 13.6. The first-order valence-electron chi connectivity index (χ1n) is 10.8. The van der Waals surface area contributed by atoms with Gasteiger partial charge in [-0.3, -0.25) is 14.9 Å². The highest BCUT2D eigenvalue weighted by Crippen LogP contribution is 2.31. The van der Waals surface area contributed by atoms with Gasteiger partial charge in [-0.15, -0.1) is 0 Å². The second-order valence-corrected chi connectivity index (χ2v) is 9.33. The summed E-state index contributed by atoms with van der Waals surface area (Å²) in [5.41, 5.74) is 4.14. The molecule has 0 bridgehead atoms. The number of nitrogens with one attached hydrogen (secondary N) is 1. The molecule has 1 aliphatic heterocycles. The summed E-state index contributed by atoms with van der Waals surface area (Å²) < 4.78 is 20.0. The Morgan fingerprint density at radius 1 is 1.06 bits per heavy atom. The van der Waals surface area contributed by atoms with E-state index in [1.165, 1.54) is 25.3 Å². The second kappa shape index (κ2) is 9.99. The number of anilines is 1. The quantitative estimate of drug-likeness (QED) is 0.251. The minimum Gasteiger partial charge on any atom is -0.496 e. The highest BCUT2D eigenvalue weighted by Gasteiger charge is 2.37. The van der Waals surface area contributed by atoms with Gasteiger partial charge in [0.1, 0.15) is 17.1 Å². The standard InChI is InChI=1S/C27H22FIN2O4/c1-15-6-4-9-23(16(15)2)31-26(33)21(25(32)30-27(31)34)12-18-13-22(29)20(24(14-18)35-3)11-17-7-5-8-19(28)10-17/h4-10,12-14H,11H2,1-3H3,(H,30,32,34)/b21-12+. The molecule has 0 spiro atoms. The van der Waals surface area contributed by atoms with E-state index in [-0.39, 0.29) is 11.4 Å². The van der Waals surface area contributed by atoms with Gasteiger partial charge in [0.15, 0.2) is 0 Å². The fourth-order valence-electron chi connectivity index (χ4n) is 3.94. The third kappa shape index (κ3) is 4.97. The number of rotatable bonds is 5. The molecule has 6 nitrogen and oxygen atoms in total. The summed E-state index contributed by atoms with van der Waals surface area (Å²) in [4.78, 5) is 39.5. The van der Waals surface area contributed by atoms with Gasteiger partial charge in [-0.2, -0.15) is 0 Å². The lowest BCUT2D eigenvalue weighted by Crippen LogP contribution is -2.54. The molecule has 1 saturated heterocycles. The second-order valence-electron chi connectivity index (χ2n) is 8.17. The van der Waals surface area contributed by atoms with E-state index in [1.807, 2.05) is 32.0 Å². The predicted molar refractivity (Wildman–Crippen MR) is 140 cm³/mol. The van der Waals surface area contributed by atoms with Gasteiger partial charge in [-0.1, -0.05) is 24.3 Å². The first-order chi connectivity index (χ1) is 16.7. The van der Waals surface area contributed by atoms with E-state index in [2.05, 4.69) is 27.9 Å². The highest BCUT2D eigenvalue weighted by molar-refractivity contribution is 14.1. The number of carbonyl (C=O) groups excluding carboxylic acids is 3. The van der Waals surface area contributed by atoms with Gasteiger partial charge in [0.25, 0.3) is 11.8 Å². The maximum atomic E-state index is 13.6. The Morgan fingerprint density at radius 3 is 2.51 bits per heavy atom. The van der Waals surface area contributed by atoms with Crippen molar-refractivity contribution in [2.75, 3.05) is 12.0 Å². The van der Waals surface area contributed by atoms with Gasteiger partial charge in [-0.05, 0) is 95.1 Å². The van der Waals surface area contributed by atoms with Crippen molar-refractivity contribution in [2.45, 2.75) is 20.3 Å². The van der Waals surface area contributed by atoms with Crippen molar-refractivity contribution in [1.29, 1.82) is 0 Å². The number of barbiturate groups is 1.